The molecule has 146 valence electrons. The van der Waals surface area contributed by atoms with E-state index in [9.17, 15) is 8.42 Å². The maximum absolute atomic E-state index is 13.1. The maximum atomic E-state index is 13.1. The first kappa shape index (κ1) is 18.9. The van der Waals surface area contributed by atoms with Crippen molar-refractivity contribution in [3.63, 3.8) is 0 Å². The summed E-state index contributed by atoms with van der Waals surface area (Å²) < 4.78 is 27.8. The molecule has 0 spiro atoms. The van der Waals surface area contributed by atoms with Gasteiger partial charge in [0.05, 0.1) is 10.4 Å². The van der Waals surface area contributed by atoms with Crippen molar-refractivity contribution in [1.82, 2.24) is 9.29 Å². The standard InChI is InChI=1S/C22H25N3O2S/c1-16-8-9-17(2)21(14-16)28(26,27)25-12-10-24(11-13-25)22-15-18(3)19-6-4-5-7-20(19)23-22/h4-9,14-15H,10-13H2,1-3H3. The fourth-order valence-electron chi connectivity index (χ4n) is 3.78. The molecule has 0 saturated carbocycles. The molecule has 0 atom stereocenters. The normalized spacial score (nSPS) is 15.9. The van der Waals surface area contributed by atoms with Crippen LogP contribution in [0, 0.1) is 20.8 Å². The predicted octanol–water partition coefficient (Wildman–Crippen LogP) is 3.67. The average molecular weight is 396 g/mol. The summed E-state index contributed by atoms with van der Waals surface area (Å²) >= 11 is 0. The highest BCUT2D eigenvalue weighted by atomic mass is 32.2. The fraction of sp³-hybridized carbons (Fsp3) is 0.318. The Morgan fingerprint density at radius 3 is 2.32 bits per heavy atom. The van der Waals surface area contributed by atoms with Crippen LogP contribution in [0.1, 0.15) is 16.7 Å². The second-order valence-corrected chi connectivity index (χ2v) is 9.38. The molecule has 0 radical (unpaired) electrons. The van der Waals surface area contributed by atoms with Gasteiger partial charge in [0.1, 0.15) is 5.82 Å². The largest absolute Gasteiger partial charge is 0.354 e. The van der Waals surface area contributed by atoms with Crippen molar-refractivity contribution in [1.29, 1.82) is 0 Å². The molecule has 2 heterocycles. The van der Waals surface area contributed by atoms with Gasteiger partial charge >= 0.3 is 0 Å². The van der Waals surface area contributed by atoms with Crippen LogP contribution in [0.2, 0.25) is 0 Å². The Balaban J connectivity index is 1.56. The first-order chi connectivity index (χ1) is 13.4. The second kappa shape index (κ2) is 7.18. The number of sulfonamides is 1. The molecule has 1 saturated heterocycles. The number of fused-ring (bicyclic) bond motifs is 1. The summed E-state index contributed by atoms with van der Waals surface area (Å²) in [5, 5.41) is 1.15. The molecule has 0 unspecified atom stereocenters. The molecule has 6 heteroatoms. The van der Waals surface area contributed by atoms with E-state index in [1.165, 1.54) is 5.56 Å². The third-order valence-corrected chi connectivity index (χ3v) is 7.47. The Morgan fingerprint density at radius 2 is 1.57 bits per heavy atom. The van der Waals surface area contributed by atoms with Gasteiger partial charge in [0.25, 0.3) is 0 Å². The Labute approximate surface area is 166 Å². The van der Waals surface area contributed by atoms with E-state index in [1.807, 2.05) is 44.2 Å². The Morgan fingerprint density at radius 1 is 0.857 bits per heavy atom. The van der Waals surface area contributed by atoms with Crippen LogP contribution in [0.15, 0.2) is 53.4 Å². The van der Waals surface area contributed by atoms with Gasteiger partial charge < -0.3 is 4.90 Å². The molecule has 3 aromatic rings. The molecule has 1 fully saturated rings. The summed E-state index contributed by atoms with van der Waals surface area (Å²) in [5.74, 6) is 0.917. The van der Waals surface area contributed by atoms with E-state index in [0.29, 0.717) is 31.1 Å². The number of hydrogen-bond acceptors (Lipinski definition) is 4. The van der Waals surface area contributed by atoms with Gasteiger partial charge in [-0.1, -0.05) is 30.3 Å². The fourth-order valence-corrected chi connectivity index (χ4v) is 5.51. The summed E-state index contributed by atoms with van der Waals surface area (Å²) in [4.78, 5) is 7.38. The number of aromatic nitrogens is 1. The zero-order valence-corrected chi connectivity index (χ0v) is 17.3. The number of anilines is 1. The lowest BCUT2D eigenvalue weighted by Gasteiger charge is -2.35. The molecule has 1 aliphatic heterocycles. The molecule has 0 amide bonds. The van der Waals surface area contributed by atoms with Crippen LogP contribution in [0.25, 0.3) is 10.9 Å². The van der Waals surface area contributed by atoms with Crippen LogP contribution in [0.3, 0.4) is 0 Å². The second-order valence-electron chi connectivity index (χ2n) is 7.47. The van der Waals surface area contributed by atoms with E-state index in [4.69, 9.17) is 4.98 Å². The first-order valence-electron chi connectivity index (χ1n) is 9.55. The molecule has 2 aromatic carbocycles. The predicted molar refractivity (Wildman–Crippen MR) is 113 cm³/mol. The lowest BCUT2D eigenvalue weighted by Crippen LogP contribution is -2.49. The van der Waals surface area contributed by atoms with Gasteiger partial charge in [0.15, 0.2) is 0 Å². The summed E-state index contributed by atoms with van der Waals surface area (Å²) in [7, 11) is -3.48. The minimum absolute atomic E-state index is 0.417. The van der Waals surface area contributed by atoms with Crippen LogP contribution in [-0.4, -0.2) is 43.9 Å². The molecule has 4 rings (SSSR count). The summed E-state index contributed by atoms with van der Waals surface area (Å²) in [5.41, 5.74) is 3.91. The highest BCUT2D eigenvalue weighted by Crippen LogP contribution is 2.26. The van der Waals surface area contributed by atoms with Crippen molar-refractivity contribution in [2.24, 2.45) is 0 Å². The van der Waals surface area contributed by atoms with Crippen LogP contribution in [0.4, 0.5) is 5.82 Å². The van der Waals surface area contributed by atoms with Gasteiger partial charge in [-0.3, -0.25) is 0 Å². The van der Waals surface area contributed by atoms with Gasteiger partial charge in [-0.05, 0) is 55.7 Å². The summed E-state index contributed by atoms with van der Waals surface area (Å²) in [6, 6.07) is 15.8. The van der Waals surface area contributed by atoms with E-state index >= 15 is 0 Å². The monoisotopic (exact) mass is 395 g/mol. The SMILES string of the molecule is Cc1ccc(C)c(S(=O)(=O)N2CCN(c3cc(C)c4ccccc4n3)CC2)c1. The van der Waals surface area contributed by atoms with E-state index in [2.05, 4.69) is 24.0 Å². The molecule has 5 nitrogen and oxygen atoms in total. The molecule has 0 bridgehead atoms. The number of rotatable bonds is 3. The van der Waals surface area contributed by atoms with Gasteiger partial charge in [-0.25, -0.2) is 13.4 Å². The summed E-state index contributed by atoms with van der Waals surface area (Å²) in [6.07, 6.45) is 0. The maximum Gasteiger partial charge on any atom is 0.243 e. The van der Waals surface area contributed by atoms with Crippen molar-refractivity contribution in [2.45, 2.75) is 25.7 Å². The molecule has 1 aromatic heterocycles. The molecular formula is C22H25N3O2S. The Kier molecular flexibility index (Phi) is 4.85. The number of piperazine rings is 1. The highest BCUT2D eigenvalue weighted by Gasteiger charge is 2.30. The molecule has 28 heavy (non-hydrogen) atoms. The minimum atomic E-state index is -3.48. The highest BCUT2D eigenvalue weighted by molar-refractivity contribution is 7.89. The molecule has 1 aliphatic rings. The van der Waals surface area contributed by atoms with Crippen molar-refractivity contribution in [3.05, 3.63) is 65.2 Å². The number of benzene rings is 2. The van der Waals surface area contributed by atoms with Crippen molar-refractivity contribution in [2.75, 3.05) is 31.1 Å². The number of hydrogen-bond donors (Lipinski definition) is 0. The molecule has 0 N–H and O–H groups in total. The zero-order valence-electron chi connectivity index (χ0n) is 16.5. The smallest absolute Gasteiger partial charge is 0.243 e. The van der Waals surface area contributed by atoms with Crippen molar-refractivity contribution < 1.29 is 8.42 Å². The van der Waals surface area contributed by atoms with Gasteiger partial charge in [-0.15, -0.1) is 0 Å². The molecule has 0 aliphatic carbocycles. The topological polar surface area (TPSA) is 53.5 Å². The van der Waals surface area contributed by atoms with Gasteiger partial charge in [0, 0.05) is 31.6 Å². The van der Waals surface area contributed by atoms with E-state index in [1.54, 1.807) is 10.4 Å². The Hall–Kier alpha value is -2.44. The molecular weight excluding hydrogens is 370 g/mol. The third kappa shape index (κ3) is 3.38. The van der Waals surface area contributed by atoms with Crippen LogP contribution in [0.5, 0.6) is 0 Å². The van der Waals surface area contributed by atoms with E-state index < -0.39 is 10.0 Å². The average Bonchev–Trinajstić information content (AvgIpc) is 2.70. The van der Waals surface area contributed by atoms with Crippen molar-refractivity contribution >= 4 is 26.7 Å². The van der Waals surface area contributed by atoms with Crippen molar-refractivity contribution in [3.8, 4) is 0 Å². The van der Waals surface area contributed by atoms with E-state index in [0.717, 1.165) is 27.8 Å². The van der Waals surface area contributed by atoms with Crippen LogP contribution >= 0.6 is 0 Å². The van der Waals surface area contributed by atoms with Crippen LogP contribution in [-0.2, 0) is 10.0 Å². The number of pyridine rings is 1. The lowest BCUT2D eigenvalue weighted by molar-refractivity contribution is 0.383. The zero-order chi connectivity index (χ0) is 19.9. The van der Waals surface area contributed by atoms with E-state index in [-0.39, 0.29) is 0 Å². The minimum Gasteiger partial charge on any atom is -0.354 e. The number of nitrogens with zero attached hydrogens (tertiary/aromatic N) is 3. The summed E-state index contributed by atoms with van der Waals surface area (Å²) in [6.45, 7) is 8.06. The van der Waals surface area contributed by atoms with Gasteiger partial charge in [0.2, 0.25) is 10.0 Å². The number of aryl methyl sites for hydroxylation is 3. The lowest BCUT2D eigenvalue weighted by atomic mass is 10.1. The number of para-hydroxylation sites is 1. The Bertz CT molecular complexity index is 1130. The first-order valence-corrected chi connectivity index (χ1v) is 11.0. The quantitative estimate of drug-likeness (QED) is 0.679. The van der Waals surface area contributed by atoms with Crippen LogP contribution < -0.4 is 4.90 Å². The third-order valence-electron chi connectivity index (χ3n) is 5.43. The van der Waals surface area contributed by atoms with Gasteiger partial charge in [-0.2, -0.15) is 4.31 Å².